The Hall–Kier alpha value is -3.70. The van der Waals surface area contributed by atoms with E-state index in [9.17, 15) is 4.79 Å². The molecule has 1 aromatic heterocycles. The highest BCUT2D eigenvalue weighted by atomic mass is 35.5. The first-order valence-corrected chi connectivity index (χ1v) is 9.38. The lowest BCUT2D eigenvalue weighted by Crippen LogP contribution is -2.17. The highest BCUT2D eigenvalue weighted by Crippen LogP contribution is 2.23. The first-order chi connectivity index (χ1) is 14.2. The number of hydrogen-bond acceptors (Lipinski definition) is 3. The Morgan fingerprint density at radius 3 is 2.41 bits per heavy atom. The van der Waals surface area contributed by atoms with Crippen molar-refractivity contribution in [3.63, 3.8) is 0 Å². The largest absolute Gasteiger partial charge is 0.275 e. The van der Waals surface area contributed by atoms with Gasteiger partial charge in [-0.05, 0) is 29.8 Å². The van der Waals surface area contributed by atoms with E-state index < -0.39 is 0 Å². The number of amides is 1. The zero-order valence-corrected chi connectivity index (χ0v) is 16.1. The van der Waals surface area contributed by atoms with Crippen molar-refractivity contribution < 1.29 is 4.79 Å². The van der Waals surface area contributed by atoms with Crippen LogP contribution in [0.25, 0.3) is 16.9 Å². The van der Waals surface area contributed by atoms with Gasteiger partial charge in [-0.15, -0.1) is 0 Å². The number of carbonyl (C=O) groups excluding carboxylic acids is 1. The third-order valence-corrected chi connectivity index (χ3v) is 4.49. The number of hydrogen-bond donors (Lipinski definition) is 1. The van der Waals surface area contributed by atoms with Crippen LogP contribution in [0.1, 0.15) is 15.9 Å². The standard InChI is InChI=1S/C23H17ClN4O/c24-19-11-7-8-17(14-19)15-25-26-23(29)21-16-28(20-12-5-2-6-13-20)27-22(21)18-9-3-1-4-10-18/h1-16H,(H,26,29)/b25-15-. The van der Waals surface area contributed by atoms with Gasteiger partial charge in [0, 0.05) is 16.8 Å². The van der Waals surface area contributed by atoms with Crippen LogP contribution in [0.4, 0.5) is 0 Å². The van der Waals surface area contributed by atoms with Gasteiger partial charge in [0.15, 0.2) is 0 Å². The van der Waals surface area contributed by atoms with Crippen molar-refractivity contribution in [3.05, 3.63) is 107 Å². The number of benzene rings is 3. The lowest BCUT2D eigenvalue weighted by Gasteiger charge is -2.01. The summed E-state index contributed by atoms with van der Waals surface area (Å²) < 4.78 is 1.69. The van der Waals surface area contributed by atoms with Gasteiger partial charge in [-0.3, -0.25) is 4.79 Å². The summed E-state index contributed by atoms with van der Waals surface area (Å²) in [6.07, 6.45) is 3.26. The molecule has 0 saturated heterocycles. The molecule has 4 aromatic rings. The van der Waals surface area contributed by atoms with Crippen LogP contribution in [0.3, 0.4) is 0 Å². The van der Waals surface area contributed by atoms with Crippen molar-refractivity contribution in [3.8, 4) is 16.9 Å². The molecule has 0 unspecified atom stereocenters. The summed E-state index contributed by atoms with van der Waals surface area (Å²) in [4.78, 5) is 12.8. The summed E-state index contributed by atoms with van der Waals surface area (Å²) in [6.45, 7) is 0. The zero-order valence-electron chi connectivity index (χ0n) is 15.4. The molecule has 0 spiro atoms. The van der Waals surface area contributed by atoms with Gasteiger partial charge in [0.05, 0.1) is 17.5 Å². The van der Waals surface area contributed by atoms with Gasteiger partial charge in [-0.2, -0.15) is 10.2 Å². The Morgan fingerprint density at radius 1 is 0.966 bits per heavy atom. The SMILES string of the molecule is O=C(N/N=C\c1cccc(Cl)c1)c1cn(-c2ccccc2)nc1-c1ccccc1. The van der Waals surface area contributed by atoms with Crippen LogP contribution >= 0.6 is 11.6 Å². The molecule has 0 aliphatic carbocycles. The van der Waals surface area contributed by atoms with Gasteiger partial charge in [-0.1, -0.05) is 72.3 Å². The third kappa shape index (κ3) is 4.42. The fourth-order valence-corrected chi connectivity index (χ4v) is 3.07. The van der Waals surface area contributed by atoms with Gasteiger partial charge in [-0.25, -0.2) is 10.1 Å². The molecule has 1 heterocycles. The smallest absolute Gasteiger partial charge is 0.267 e. The summed E-state index contributed by atoms with van der Waals surface area (Å²) >= 11 is 5.97. The van der Waals surface area contributed by atoms with E-state index in [1.807, 2.05) is 72.8 Å². The van der Waals surface area contributed by atoms with Gasteiger partial charge >= 0.3 is 0 Å². The monoisotopic (exact) mass is 400 g/mol. The predicted molar refractivity (Wildman–Crippen MR) is 116 cm³/mol. The Bertz CT molecular complexity index is 1150. The third-order valence-electron chi connectivity index (χ3n) is 4.26. The van der Waals surface area contributed by atoms with Crippen molar-refractivity contribution in [2.75, 3.05) is 0 Å². The fraction of sp³-hybridized carbons (Fsp3) is 0. The van der Waals surface area contributed by atoms with Gasteiger partial charge in [0.2, 0.25) is 0 Å². The van der Waals surface area contributed by atoms with E-state index in [0.717, 1.165) is 16.8 Å². The number of aromatic nitrogens is 2. The van der Waals surface area contributed by atoms with Crippen LogP contribution in [0, 0.1) is 0 Å². The van der Waals surface area contributed by atoms with Crippen molar-refractivity contribution in [1.82, 2.24) is 15.2 Å². The number of nitrogens with zero attached hydrogens (tertiary/aromatic N) is 3. The Labute approximate surface area is 173 Å². The van der Waals surface area contributed by atoms with E-state index in [1.165, 1.54) is 0 Å². The molecule has 3 aromatic carbocycles. The molecule has 142 valence electrons. The molecule has 29 heavy (non-hydrogen) atoms. The van der Waals surface area contributed by atoms with Crippen LogP contribution in [0.2, 0.25) is 5.02 Å². The first-order valence-electron chi connectivity index (χ1n) is 9.00. The lowest BCUT2D eigenvalue weighted by atomic mass is 10.1. The zero-order chi connectivity index (χ0) is 20.1. The molecule has 5 nitrogen and oxygen atoms in total. The molecule has 4 rings (SSSR count). The van der Waals surface area contributed by atoms with E-state index >= 15 is 0 Å². The minimum Gasteiger partial charge on any atom is -0.267 e. The van der Waals surface area contributed by atoms with Crippen LogP contribution in [0.15, 0.2) is 96.2 Å². The van der Waals surface area contributed by atoms with Crippen molar-refractivity contribution in [2.45, 2.75) is 0 Å². The highest BCUT2D eigenvalue weighted by molar-refractivity contribution is 6.30. The Morgan fingerprint density at radius 2 is 1.69 bits per heavy atom. The number of carbonyl (C=O) groups is 1. The lowest BCUT2D eigenvalue weighted by molar-refractivity contribution is 0.0956. The average molecular weight is 401 g/mol. The van der Waals surface area contributed by atoms with Gasteiger partial charge in [0.1, 0.15) is 5.69 Å². The summed E-state index contributed by atoms with van der Waals surface area (Å²) in [6, 6.07) is 26.5. The minimum atomic E-state index is -0.343. The molecule has 0 aliphatic rings. The fourth-order valence-electron chi connectivity index (χ4n) is 2.87. The summed E-state index contributed by atoms with van der Waals surface area (Å²) in [7, 11) is 0. The first kappa shape index (κ1) is 18.7. The normalized spacial score (nSPS) is 10.9. The van der Waals surface area contributed by atoms with Crippen molar-refractivity contribution in [2.24, 2.45) is 5.10 Å². The van der Waals surface area contributed by atoms with Crippen LogP contribution in [-0.4, -0.2) is 21.9 Å². The summed E-state index contributed by atoms with van der Waals surface area (Å²) in [5.41, 5.74) is 6.11. The Kier molecular flexibility index (Phi) is 5.49. The number of rotatable bonds is 5. The number of para-hydroxylation sites is 1. The summed E-state index contributed by atoms with van der Waals surface area (Å²) in [5.74, 6) is -0.343. The van der Waals surface area contributed by atoms with Gasteiger partial charge < -0.3 is 0 Å². The molecule has 6 heteroatoms. The number of hydrazone groups is 1. The molecular weight excluding hydrogens is 384 g/mol. The van der Waals surface area contributed by atoms with E-state index in [2.05, 4.69) is 15.6 Å². The highest BCUT2D eigenvalue weighted by Gasteiger charge is 2.18. The molecular formula is C23H17ClN4O. The molecule has 0 fully saturated rings. The summed E-state index contributed by atoms with van der Waals surface area (Å²) in [5, 5.41) is 9.30. The van der Waals surface area contributed by atoms with E-state index in [-0.39, 0.29) is 5.91 Å². The molecule has 1 amide bonds. The maximum atomic E-state index is 12.8. The van der Waals surface area contributed by atoms with Crippen LogP contribution in [-0.2, 0) is 0 Å². The van der Waals surface area contributed by atoms with Gasteiger partial charge in [0.25, 0.3) is 5.91 Å². The topological polar surface area (TPSA) is 59.3 Å². The van der Waals surface area contributed by atoms with E-state index in [1.54, 1.807) is 29.2 Å². The number of halogens is 1. The molecule has 0 aliphatic heterocycles. The molecule has 0 saturated carbocycles. The second-order valence-corrected chi connectivity index (χ2v) is 6.73. The van der Waals surface area contributed by atoms with E-state index in [4.69, 9.17) is 11.6 Å². The minimum absolute atomic E-state index is 0.343. The second-order valence-electron chi connectivity index (χ2n) is 6.29. The molecule has 0 atom stereocenters. The quantitative estimate of drug-likeness (QED) is 0.380. The molecule has 0 radical (unpaired) electrons. The maximum absolute atomic E-state index is 12.8. The maximum Gasteiger partial charge on any atom is 0.275 e. The van der Waals surface area contributed by atoms with Crippen molar-refractivity contribution in [1.29, 1.82) is 0 Å². The number of nitrogens with one attached hydrogen (secondary N) is 1. The second kappa shape index (κ2) is 8.54. The van der Waals surface area contributed by atoms with E-state index in [0.29, 0.717) is 16.3 Å². The molecule has 1 N–H and O–H groups in total. The molecule has 0 bridgehead atoms. The Balaban J connectivity index is 1.64. The predicted octanol–water partition coefficient (Wildman–Crippen LogP) is 4.96. The van der Waals surface area contributed by atoms with Crippen molar-refractivity contribution >= 4 is 23.7 Å². The van der Waals surface area contributed by atoms with Crippen LogP contribution < -0.4 is 5.43 Å². The van der Waals surface area contributed by atoms with Crippen LogP contribution in [0.5, 0.6) is 0 Å². The average Bonchev–Trinajstić information content (AvgIpc) is 3.21.